The number of aromatic hydroxyl groups is 1. The minimum atomic E-state index is -0.106. The van der Waals surface area contributed by atoms with E-state index in [0.29, 0.717) is 24.3 Å². The molecule has 0 aliphatic rings. The number of aldehydes is 1. The minimum absolute atomic E-state index is 0.106. The summed E-state index contributed by atoms with van der Waals surface area (Å²) in [5.41, 5.74) is 0.733. The Bertz CT molecular complexity index is 424. The maximum Gasteiger partial charge on any atom is 0.153 e. The van der Waals surface area contributed by atoms with Gasteiger partial charge in [0, 0.05) is 20.3 Å². The first kappa shape index (κ1) is 15.8. The van der Waals surface area contributed by atoms with Crippen LogP contribution in [0.5, 0.6) is 11.5 Å². The number of anilines is 1. The van der Waals surface area contributed by atoms with Crippen LogP contribution in [0.15, 0.2) is 12.1 Å². The van der Waals surface area contributed by atoms with Gasteiger partial charge in [0.05, 0.1) is 24.9 Å². The molecule has 0 aliphatic carbocycles. The van der Waals surface area contributed by atoms with E-state index in [1.165, 1.54) is 19.2 Å². The van der Waals surface area contributed by atoms with Crippen molar-refractivity contribution in [1.29, 1.82) is 0 Å². The Kier molecular flexibility index (Phi) is 7.82. The zero-order valence-corrected chi connectivity index (χ0v) is 10.7. The molecular weight excluding hydrogens is 234 g/mol. The standard InChI is InChI=1S/C11H11NO3.C2H6O/c1-3-4-12-9-6-10(14)8(7-13)5-11(9)15-2;1-3-2/h1,5-7,12,14H,4H2,2H3;1-2H3. The van der Waals surface area contributed by atoms with E-state index in [2.05, 4.69) is 16.0 Å². The zero-order chi connectivity index (χ0) is 14.0. The second-order valence-corrected chi connectivity index (χ2v) is 3.20. The summed E-state index contributed by atoms with van der Waals surface area (Å²) in [5.74, 6) is 2.75. The number of hydrogen-bond donors (Lipinski definition) is 2. The van der Waals surface area contributed by atoms with E-state index in [0.717, 1.165) is 0 Å². The molecule has 0 aliphatic heterocycles. The van der Waals surface area contributed by atoms with E-state index in [-0.39, 0.29) is 11.3 Å². The molecule has 18 heavy (non-hydrogen) atoms. The quantitative estimate of drug-likeness (QED) is 0.627. The Morgan fingerprint density at radius 1 is 1.44 bits per heavy atom. The van der Waals surface area contributed by atoms with Crippen molar-refractivity contribution >= 4 is 12.0 Å². The fraction of sp³-hybridized carbons (Fsp3) is 0.308. The lowest BCUT2D eigenvalue weighted by Crippen LogP contribution is -2.01. The van der Waals surface area contributed by atoms with Crippen molar-refractivity contribution in [2.24, 2.45) is 0 Å². The van der Waals surface area contributed by atoms with Gasteiger partial charge < -0.3 is 19.9 Å². The fourth-order valence-electron chi connectivity index (χ4n) is 1.13. The smallest absolute Gasteiger partial charge is 0.153 e. The van der Waals surface area contributed by atoms with Gasteiger partial charge in [-0.1, -0.05) is 5.92 Å². The van der Waals surface area contributed by atoms with Crippen LogP contribution in [-0.2, 0) is 4.74 Å². The third-order valence-corrected chi connectivity index (χ3v) is 1.86. The molecule has 5 nitrogen and oxygen atoms in total. The third-order valence-electron chi connectivity index (χ3n) is 1.86. The van der Waals surface area contributed by atoms with Crippen LogP contribution in [0.25, 0.3) is 0 Å². The summed E-state index contributed by atoms with van der Waals surface area (Å²) in [5, 5.41) is 12.3. The summed E-state index contributed by atoms with van der Waals surface area (Å²) in [6, 6.07) is 2.85. The van der Waals surface area contributed by atoms with Gasteiger partial charge in [-0.2, -0.15) is 0 Å². The topological polar surface area (TPSA) is 67.8 Å². The van der Waals surface area contributed by atoms with Crippen LogP contribution in [0.3, 0.4) is 0 Å². The molecule has 0 amide bonds. The number of terminal acetylenes is 1. The normalized spacial score (nSPS) is 8.56. The van der Waals surface area contributed by atoms with Crippen LogP contribution in [0.4, 0.5) is 5.69 Å². The average Bonchev–Trinajstić information content (AvgIpc) is 2.37. The lowest BCUT2D eigenvalue weighted by molar-refractivity contribution is 0.112. The van der Waals surface area contributed by atoms with Crippen LogP contribution in [-0.4, -0.2) is 39.3 Å². The first-order valence-corrected chi connectivity index (χ1v) is 5.08. The molecule has 2 N–H and O–H groups in total. The predicted octanol–water partition coefficient (Wildman–Crippen LogP) is 1.52. The molecule has 0 fully saturated rings. The third kappa shape index (κ3) is 4.76. The number of rotatable bonds is 4. The Hall–Kier alpha value is -2.19. The van der Waals surface area contributed by atoms with Gasteiger partial charge in [0.2, 0.25) is 0 Å². The molecule has 0 bridgehead atoms. The molecule has 0 radical (unpaired) electrons. The molecule has 0 unspecified atom stereocenters. The highest BCUT2D eigenvalue weighted by Crippen LogP contribution is 2.31. The lowest BCUT2D eigenvalue weighted by atomic mass is 10.2. The van der Waals surface area contributed by atoms with Crippen LogP contribution in [0.2, 0.25) is 0 Å². The number of methoxy groups -OCH3 is 2. The number of benzene rings is 1. The number of carbonyl (C=O) groups excluding carboxylic acids is 1. The SMILES string of the molecule is C#CCNc1cc(O)c(C=O)cc1OC.COC. The Morgan fingerprint density at radius 3 is 2.50 bits per heavy atom. The molecule has 0 aromatic heterocycles. The van der Waals surface area contributed by atoms with E-state index in [1.54, 1.807) is 14.2 Å². The van der Waals surface area contributed by atoms with Gasteiger partial charge >= 0.3 is 0 Å². The first-order chi connectivity index (χ1) is 8.64. The molecule has 5 heteroatoms. The van der Waals surface area contributed by atoms with Crippen molar-refractivity contribution < 1.29 is 19.4 Å². The van der Waals surface area contributed by atoms with Gasteiger partial charge in [-0.15, -0.1) is 6.42 Å². The Labute approximate surface area is 107 Å². The monoisotopic (exact) mass is 251 g/mol. The van der Waals surface area contributed by atoms with Crippen molar-refractivity contribution in [2.45, 2.75) is 0 Å². The van der Waals surface area contributed by atoms with Crippen molar-refractivity contribution in [3.8, 4) is 23.8 Å². The maximum absolute atomic E-state index is 10.6. The number of phenolic OH excluding ortho intramolecular Hbond substituents is 1. The molecule has 0 saturated heterocycles. The number of carbonyl (C=O) groups is 1. The molecule has 0 heterocycles. The van der Waals surface area contributed by atoms with E-state index in [9.17, 15) is 9.90 Å². The summed E-state index contributed by atoms with van der Waals surface area (Å²) in [4.78, 5) is 10.6. The van der Waals surface area contributed by atoms with Crippen molar-refractivity contribution in [1.82, 2.24) is 0 Å². The van der Waals surface area contributed by atoms with Crippen molar-refractivity contribution in [3.63, 3.8) is 0 Å². The number of phenols is 1. The molecule has 1 rings (SSSR count). The highest BCUT2D eigenvalue weighted by Gasteiger charge is 2.08. The van der Waals surface area contributed by atoms with Crippen LogP contribution >= 0.6 is 0 Å². The molecule has 1 aromatic carbocycles. The van der Waals surface area contributed by atoms with E-state index >= 15 is 0 Å². The minimum Gasteiger partial charge on any atom is -0.507 e. The maximum atomic E-state index is 10.6. The largest absolute Gasteiger partial charge is 0.507 e. The molecular formula is C13H17NO4. The zero-order valence-electron chi connectivity index (χ0n) is 10.7. The molecule has 98 valence electrons. The summed E-state index contributed by atoms with van der Waals surface area (Å²) in [7, 11) is 4.72. The summed E-state index contributed by atoms with van der Waals surface area (Å²) >= 11 is 0. The Morgan fingerprint density at radius 2 is 2.06 bits per heavy atom. The number of hydrogen-bond acceptors (Lipinski definition) is 5. The number of nitrogens with one attached hydrogen (secondary N) is 1. The van der Waals surface area contributed by atoms with E-state index < -0.39 is 0 Å². The highest BCUT2D eigenvalue weighted by molar-refractivity contribution is 5.82. The van der Waals surface area contributed by atoms with Crippen LogP contribution in [0, 0.1) is 12.3 Å². The van der Waals surface area contributed by atoms with Gasteiger partial charge in [0.1, 0.15) is 11.5 Å². The molecule has 0 atom stereocenters. The predicted molar refractivity (Wildman–Crippen MR) is 70.3 cm³/mol. The van der Waals surface area contributed by atoms with Crippen LogP contribution < -0.4 is 10.1 Å². The summed E-state index contributed by atoms with van der Waals surface area (Å²) in [6.07, 6.45) is 5.65. The molecule has 0 spiro atoms. The molecule has 1 aromatic rings. The first-order valence-electron chi connectivity index (χ1n) is 5.08. The van der Waals surface area contributed by atoms with E-state index in [4.69, 9.17) is 11.2 Å². The van der Waals surface area contributed by atoms with Gasteiger partial charge in [0.15, 0.2) is 6.29 Å². The highest BCUT2D eigenvalue weighted by atomic mass is 16.5. The number of ether oxygens (including phenoxy) is 2. The van der Waals surface area contributed by atoms with Crippen molar-refractivity contribution in [3.05, 3.63) is 17.7 Å². The summed E-state index contributed by atoms with van der Waals surface area (Å²) < 4.78 is 9.29. The van der Waals surface area contributed by atoms with Gasteiger partial charge in [-0.05, 0) is 6.07 Å². The Balaban J connectivity index is 0.000000873. The van der Waals surface area contributed by atoms with Crippen molar-refractivity contribution in [2.75, 3.05) is 33.2 Å². The fourth-order valence-corrected chi connectivity index (χ4v) is 1.13. The second-order valence-electron chi connectivity index (χ2n) is 3.20. The van der Waals surface area contributed by atoms with Crippen LogP contribution in [0.1, 0.15) is 10.4 Å². The van der Waals surface area contributed by atoms with Gasteiger partial charge in [-0.25, -0.2) is 0 Å². The molecule has 0 saturated carbocycles. The second kappa shape index (κ2) is 8.90. The lowest BCUT2D eigenvalue weighted by Gasteiger charge is -2.10. The van der Waals surface area contributed by atoms with E-state index in [1.807, 2.05) is 0 Å². The average molecular weight is 251 g/mol. The van der Waals surface area contributed by atoms with Gasteiger partial charge in [0.25, 0.3) is 0 Å². The summed E-state index contributed by atoms with van der Waals surface area (Å²) in [6.45, 7) is 0.316. The van der Waals surface area contributed by atoms with Gasteiger partial charge in [-0.3, -0.25) is 4.79 Å².